The Balaban J connectivity index is 1.24. The highest BCUT2D eigenvalue weighted by Crippen LogP contribution is 2.37. The SMILES string of the molecule is C[C@H]1NC(=O)CCC[C@H]2[C@@H]3C[C@@H](CN(C(=O)c4csc(-c5ncccn5)n4)C3)CN2C(=O)[C@H](Cc2ccccc2)NC1=O. The molecule has 1 aromatic carbocycles. The first-order valence-electron chi connectivity index (χ1n) is 14.8. The number of nitrogens with one attached hydrogen (secondary N) is 2. The Morgan fingerprint density at radius 1 is 1.02 bits per heavy atom. The van der Waals surface area contributed by atoms with E-state index in [1.807, 2.05) is 40.1 Å². The van der Waals surface area contributed by atoms with Crippen LogP contribution in [-0.4, -0.2) is 86.1 Å². The molecule has 3 aliphatic rings. The molecule has 3 aromatic rings. The summed E-state index contributed by atoms with van der Waals surface area (Å²) in [5.74, 6) is -0.170. The minimum Gasteiger partial charge on any atom is -0.345 e. The first kappa shape index (κ1) is 28.9. The van der Waals surface area contributed by atoms with Crippen LogP contribution in [0.25, 0.3) is 10.8 Å². The number of thiazole rings is 1. The van der Waals surface area contributed by atoms with Gasteiger partial charge < -0.3 is 20.4 Å². The summed E-state index contributed by atoms with van der Waals surface area (Å²) < 4.78 is 0. The standard InChI is InChI=1S/C31H35N7O4S/c1-19-28(40)35-23(14-20-7-3-2-4-8-20)31(42)38-16-21-13-22(25(38)9-5-10-26(39)34-19)17-37(15-21)30(41)24-18-43-29(36-24)27-32-11-6-12-33-27/h2-4,6-8,11-12,18-19,21-23,25H,5,9-10,13-17H2,1H3,(H,34,39)(H,35,40)/t19-,21+,22-,23+,25+/m1/s1. The van der Waals surface area contributed by atoms with Crippen molar-refractivity contribution in [2.24, 2.45) is 11.8 Å². The average Bonchev–Trinajstić information content (AvgIpc) is 3.52. The summed E-state index contributed by atoms with van der Waals surface area (Å²) in [6.45, 7) is 3.15. The predicted molar refractivity (Wildman–Crippen MR) is 160 cm³/mol. The lowest BCUT2D eigenvalue weighted by Crippen LogP contribution is -2.63. The van der Waals surface area contributed by atoms with Crippen molar-refractivity contribution >= 4 is 35.0 Å². The van der Waals surface area contributed by atoms with Crippen molar-refractivity contribution in [2.45, 2.75) is 57.2 Å². The number of aromatic nitrogens is 3. The number of rotatable bonds is 4. The van der Waals surface area contributed by atoms with Crippen molar-refractivity contribution in [1.29, 1.82) is 0 Å². The minimum absolute atomic E-state index is 0.0500. The molecule has 224 valence electrons. The van der Waals surface area contributed by atoms with Gasteiger partial charge in [-0.1, -0.05) is 30.3 Å². The zero-order valence-corrected chi connectivity index (χ0v) is 24.8. The lowest BCUT2D eigenvalue weighted by atomic mass is 9.77. The van der Waals surface area contributed by atoms with Crippen LogP contribution in [-0.2, 0) is 20.8 Å². The van der Waals surface area contributed by atoms with E-state index in [0.29, 0.717) is 55.4 Å². The van der Waals surface area contributed by atoms with Crippen molar-refractivity contribution in [3.8, 4) is 10.8 Å². The van der Waals surface area contributed by atoms with Gasteiger partial charge in [0.05, 0.1) is 0 Å². The van der Waals surface area contributed by atoms with Gasteiger partial charge in [-0.05, 0) is 49.7 Å². The molecule has 3 saturated heterocycles. The maximum atomic E-state index is 14.2. The molecule has 5 atom stereocenters. The molecule has 0 radical (unpaired) electrons. The smallest absolute Gasteiger partial charge is 0.273 e. The molecule has 0 saturated carbocycles. The van der Waals surface area contributed by atoms with Gasteiger partial charge in [-0.2, -0.15) is 0 Å². The van der Waals surface area contributed by atoms with Gasteiger partial charge in [-0.3, -0.25) is 19.2 Å². The summed E-state index contributed by atoms with van der Waals surface area (Å²) in [6.07, 6.45) is 6.04. The molecule has 0 unspecified atom stereocenters. The number of nitrogens with zero attached hydrogens (tertiary/aromatic N) is 5. The third-order valence-electron chi connectivity index (χ3n) is 8.59. The molecule has 12 heteroatoms. The number of hydrogen-bond acceptors (Lipinski definition) is 8. The van der Waals surface area contributed by atoms with Crippen LogP contribution in [0.3, 0.4) is 0 Å². The number of likely N-dealkylation sites (tertiary alicyclic amines) is 1. The molecule has 6 rings (SSSR count). The van der Waals surface area contributed by atoms with Crippen LogP contribution >= 0.6 is 11.3 Å². The third-order valence-corrected chi connectivity index (χ3v) is 9.43. The minimum atomic E-state index is -0.763. The Morgan fingerprint density at radius 2 is 1.81 bits per heavy atom. The molecule has 0 aliphatic carbocycles. The lowest BCUT2D eigenvalue weighted by molar-refractivity contribution is -0.145. The monoisotopic (exact) mass is 601 g/mol. The predicted octanol–water partition coefficient (Wildman–Crippen LogP) is 2.31. The Hall–Kier alpha value is -4.19. The average molecular weight is 602 g/mol. The molecule has 43 heavy (non-hydrogen) atoms. The Labute approximate surface area is 254 Å². The van der Waals surface area contributed by atoms with Gasteiger partial charge in [0, 0.05) is 56.3 Å². The van der Waals surface area contributed by atoms with E-state index >= 15 is 0 Å². The highest BCUT2D eigenvalue weighted by atomic mass is 32.1. The van der Waals surface area contributed by atoms with Crippen molar-refractivity contribution in [1.82, 2.24) is 35.4 Å². The molecule has 11 nitrogen and oxygen atoms in total. The van der Waals surface area contributed by atoms with E-state index in [9.17, 15) is 19.2 Å². The lowest BCUT2D eigenvalue weighted by Gasteiger charge is -2.51. The summed E-state index contributed by atoms with van der Waals surface area (Å²) in [4.78, 5) is 70.4. The van der Waals surface area contributed by atoms with Gasteiger partial charge in [-0.25, -0.2) is 15.0 Å². The maximum Gasteiger partial charge on any atom is 0.273 e. The van der Waals surface area contributed by atoms with E-state index in [-0.39, 0.29) is 47.9 Å². The van der Waals surface area contributed by atoms with Gasteiger partial charge in [0.1, 0.15) is 17.8 Å². The number of carbonyl (C=O) groups excluding carboxylic acids is 4. The van der Waals surface area contributed by atoms with Gasteiger partial charge in [0.25, 0.3) is 5.91 Å². The van der Waals surface area contributed by atoms with Crippen LogP contribution < -0.4 is 10.6 Å². The van der Waals surface area contributed by atoms with E-state index in [4.69, 9.17) is 0 Å². The summed E-state index contributed by atoms with van der Waals surface area (Å²) in [5.41, 5.74) is 1.31. The molecule has 0 spiro atoms. The quantitative estimate of drug-likeness (QED) is 0.468. The van der Waals surface area contributed by atoms with E-state index in [2.05, 4.69) is 25.6 Å². The fourth-order valence-corrected chi connectivity index (χ4v) is 7.32. The first-order valence-corrected chi connectivity index (χ1v) is 15.7. The molecular formula is C31H35N7O4S. The van der Waals surface area contributed by atoms with Crippen LogP contribution in [0.4, 0.5) is 0 Å². The van der Waals surface area contributed by atoms with E-state index in [1.165, 1.54) is 11.3 Å². The summed E-state index contributed by atoms with van der Waals surface area (Å²) in [7, 11) is 0. The van der Waals surface area contributed by atoms with Crippen LogP contribution in [0.2, 0.25) is 0 Å². The number of hydrogen-bond donors (Lipinski definition) is 2. The fourth-order valence-electron chi connectivity index (χ4n) is 6.58. The molecule has 4 amide bonds. The molecule has 3 aliphatic heterocycles. The van der Waals surface area contributed by atoms with Crippen LogP contribution in [0, 0.1) is 11.8 Å². The molecule has 2 bridgehead atoms. The molecule has 2 N–H and O–H groups in total. The normalized spacial score (nSPS) is 26.4. The number of piperidine rings is 2. The van der Waals surface area contributed by atoms with Gasteiger partial charge in [-0.15, -0.1) is 11.3 Å². The van der Waals surface area contributed by atoms with Gasteiger partial charge >= 0.3 is 0 Å². The van der Waals surface area contributed by atoms with Crippen molar-refractivity contribution < 1.29 is 19.2 Å². The highest BCUT2D eigenvalue weighted by molar-refractivity contribution is 7.13. The molecular weight excluding hydrogens is 566 g/mol. The van der Waals surface area contributed by atoms with Gasteiger partial charge in [0.15, 0.2) is 10.8 Å². The Bertz CT molecular complexity index is 1480. The van der Waals surface area contributed by atoms with Crippen LogP contribution in [0.15, 0.2) is 54.2 Å². The van der Waals surface area contributed by atoms with E-state index < -0.39 is 12.1 Å². The van der Waals surface area contributed by atoms with Crippen molar-refractivity contribution in [3.05, 3.63) is 65.4 Å². The van der Waals surface area contributed by atoms with E-state index in [1.54, 1.807) is 30.8 Å². The molecule has 2 aromatic heterocycles. The van der Waals surface area contributed by atoms with Crippen molar-refractivity contribution in [2.75, 3.05) is 19.6 Å². The highest BCUT2D eigenvalue weighted by Gasteiger charge is 2.45. The second-order valence-corrected chi connectivity index (χ2v) is 12.5. The molecule has 5 heterocycles. The molecule has 3 fully saturated rings. The van der Waals surface area contributed by atoms with Crippen LogP contribution in [0.1, 0.15) is 48.7 Å². The fraction of sp³-hybridized carbons (Fsp3) is 0.452. The number of carbonyl (C=O) groups is 4. The topological polar surface area (TPSA) is 137 Å². The zero-order valence-electron chi connectivity index (χ0n) is 24.0. The van der Waals surface area contributed by atoms with Crippen LogP contribution in [0.5, 0.6) is 0 Å². The number of amides is 4. The maximum absolute atomic E-state index is 14.2. The second kappa shape index (κ2) is 12.6. The largest absolute Gasteiger partial charge is 0.345 e. The van der Waals surface area contributed by atoms with Gasteiger partial charge in [0.2, 0.25) is 17.7 Å². The third kappa shape index (κ3) is 6.43. The second-order valence-electron chi connectivity index (χ2n) is 11.7. The summed E-state index contributed by atoms with van der Waals surface area (Å²) in [6, 6.07) is 9.71. The Morgan fingerprint density at radius 3 is 2.60 bits per heavy atom. The summed E-state index contributed by atoms with van der Waals surface area (Å²) in [5, 5.41) is 8.06. The zero-order chi connectivity index (χ0) is 29.9. The number of fused-ring (bicyclic) bond motifs is 4. The Kier molecular flexibility index (Phi) is 8.46. The first-order chi connectivity index (χ1) is 20.9. The summed E-state index contributed by atoms with van der Waals surface area (Å²) >= 11 is 1.34. The van der Waals surface area contributed by atoms with Crippen molar-refractivity contribution in [3.63, 3.8) is 0 Å². The van der Waals surface area contributed by atoms with E-state index in [0.717, 1.165) is 12.0 Å². The number of benzene rings is 1.